The number of oxime groups is 1. The van der Waals surface area contributed by atoms with E-state index in [1.165, 1.54) is 38.5 Å². The second kappa shape index (κ2) is 12.8. The highest BCUT2D eigenvalue weighted by molar-refractivity contribution is 8.00. The molecule has 0 bridgehead atoms. The Morgan fingerprint density at radius 2 is 2.20 bits per heavy atom. The first-order valence-electron chi connectivity index (χ1n) is 11.8. The number of anilines is 1. The standard InChI is InChI=1S/C20H26N10O7S3/c1-2-36-11(31)5-37-26-12(10-6-38-18(22)23-10)14(32)24-13-15(33)29-7-20(17(34)35,8-39-16(13)29)9-40-19-25-27-28-30(19)4-3-21/h6,13,16H,2-5,7-9,21H2,1H3,(H2,22,23)(H,24,32)(H,34,35)/t13?,16-,20?/m1/s1. The first kappa shape index (κ1) is 29.5. The van der Waals surface area contributed by atoms with Crippen LogP contribution < -0.4 is 16.8 Å². The summed E-state index contributed by atoms with van der Waals surface area (Å²) in [5, 5.41) is 29.4. The first-order valence-corrected chi connectivity index (χ1v) is 14.7. The van der Waals surface area contributed by atoms with E-state index in [0.717, 1.165) is 11.3 Å². The fraction of sp³-hybridized carbons (Fsp3) is 0.550. The van der Waals surface area contributed by atoms with Crippen LogP contribution in [0.4, 0.5) is 5.13 Å². The van der Waals surface area contributed by atoms with Crippen molar-refractivity contribution in [1.29, 1.82) is 0 Å². The Hall–Kier alpha value is -3.49. The minimum atomic E-state index is -1.26. The molecule has 2 saturated heterocycles. The van der Waals surface area contributed by atoms with Crippen LogP contribution in [0.25, 0.3) is 0 Å². The topological polar surface area (TPSA) is 243 Å². The zero-order valence-corrected chi connectivity index (χ0v) is 23.5. The Morgan fingerprint density at radius 3 is 2.88 bits per heavy atom. The van der Waals surface area contributed by atoms with Gasteiger partial charge in [0.1, 0.15) is 22.5 Å². The maximum atomic E-state index is 13.1. The fourth-order valence-electron chi connectivity index (χ4n) is 3.83. The van der Waals surface area contributed by atoms with Crippen molar-refractivity contribution in [1.82, 2.24) is 35.4 Å². The number of esters is 1. The van der Waals surface area contributed by atoms with Crippen molar-refractivity contribution < 1.29 is 33.9 Å². The van der Waals surface area contributed by atoms with Gasteiger partial charge >= 0.3 is 11.9 Å². The van der Waals surface area contributed by atoms with Crippen molar-refractivity contribution in [2.45, 2.75) is 30.0 Å². The quantitative estimate of drug-likeness (QED) is 0.0640. The minimum absolute atomic E-state index is 0.0527. The number of carbonyl (C=O) groups is 4. The number of aliphatic carboxylic acids is 1. The third-order valence-corrected chi connectivity index (χ3v) is 9.33. The number of carboxylic acid groups (broad SMARTS) is 1. The molecule has 6 N–H and O–H groups in total. The molecule has 0 saturated carbocycles. The van der Waals surface area contributed by atoms with Crippen molar-refractivity contribution in [2.75, 3.05) is 43.5 Å². The average Bonchev–Trinajstić information content (AvgIpc) is 3.57. The van der Waals surface area contributed by atoms with Crippen LogP contribution in [0.1, 0.15) is 12.6 Å². The number of amides is 2. The molecule has 2 aliphatic heterocycles. The highest BCUT2D eigenvalue weighted by Gasteiger charge is 2.57. The summed E-state index contributed by atoms with van der Waals surface area (Å²) in [5.41, 5.74) is 9.81. The van der Waals surface area contributed by atoms with Gasteiger partial charge in [-0.1, -0.05) is 16.9 Å². The molecule has 0 aliphatic carbocycles. The van der Waals surface area contributed by atoms with E-state index in [9.17, 15) is 24.3 Å². The zero-order valence-electron chi connectivity index (χ0n) is 21.1. The Balaban J connectivity index is 1.41. The van der Waals surface area contributed by atoms with Crippen LogP contribution in [0.2, 0.25) is 0 Å². The van der Waals surface area contributed by atoms with Gasteiger partial charge in [-0.3, -0.25) is 14.4 Å². The van der Waals surface area contributed by atoms with Crippen LogP contribution in [0.5, 0.6) is 0 Å². The van der Waals surface area contributed by atoms with E-state index in [2.05, 4.69) is 31.0 Å². The van der Waals surface area contributed by atoms with E-state index in [1.54, 1.807) is 6.92 Å². The maximum absolute atomic E-state index is 13.1. The second-order valence-corrected chi connectivity index (χ2v) is 11.5. The van der Waals surface area contributed by atoms with Gasteiger partial charge in [-0.25, -0.2) is 14.5 Å². The van der Waals surface area contributed by atoms with Gasteiger partial charge in [0.15, 0.2) is 10.8 Å². The van der Waals surface area contributed by atoms with Crippen molar-refractivity contribution >= 4 is 69.5 Å². The van der Waals surface area contributed by atoms with Gasteiger partial charge in [0.2, 0.25) is 17.7 Å². The van der Waals surface area contributed by atoms with Crippen LogP contribution in [-0.4, -0.2) is 114 Å². The van der Waals surface area contributed by atoms with Crippen molar-refractivity contribution in [2.24, 2.45) is 16.3 Å². The smallest absolute Gasteiger partial charge is 0.347 e. The average molecular weight is 615 g/mol. The summed E-state index contributed by atoms with van der Waals surface area (Å²) in [7, 11) is 0. The highest BCUT2D eigenvalue weighted by atomic mass is 32.2. The lowest BCUT2D eigenvalue weighted by atomic mass is 9.89. The number of nitrogens with two attached hydrogens (primary N) is 2. The molecular formula is C20H26N10O7S3. The van der Waals surface area contributed by atoms with Crippen LogP contribution in [0, 0.1) is 5.41 Å². The number of carbonyl (C=O) groups excluding carboxylic acids is 3. The molecule has 4 heterocycles. The normalized spacial score (nSPS) is 22.3. The lowest BCUT2D eigenvalue weighted by Crippen LogP contribution is -2.74. The molecule has 0 radical (unpaired) electrons. The summed E-state index contributed by atoms with van der Waals surface area (Å²) in [6, 6.07) is -0.931. The van der Waals surface area contributed by atoms with Crippen molar-refractivity contribution in [3.05, 3.63) is 11.1 Å². The molecule has 4 rings (SSSR count). The number of fused-ring (bicyclic) bond motifs is 1. The van der Waals surface area contributed by atoms with Crippen molar-refractivity contribution in [3.8, 4) is 0 Å². The van der Waals surface area contributed by atoms with Crippen molar-refractivity contribution in [3.63, 3.8) is 0 Å². The molecule has 2 aliphatic rings. The van der Waals surface area contributed by atoms with Gasteiger partial charge in [0.25, 0.3) is 5.91 Å². The molecule has 0 spiro atoms. The van der Waals surface area contributed by atoms with E-state index in [1.807, 2.05) is 0 Å². The van der Waals surface area contributed by atoms with Crippen LogP contribution in [-0.2, 0) is 35.3 Å². The van der Waals surface area contributed by atoms with E-state index < -0.39 is 47.2 Å². The fourth-order valence-corrected chi connectivity index (χ4v) is 7.15. The molecule has 3 atom stereocenters. The Kier molecular flexibility index (Phi) is 9.43. The minimum Gasteiger partial charge on any atom is -0.481 e. The number of carboxylic acids is 1. The van der Waals surface area contributed by atoms with E-state index in [0.29, 0.717) is 18.2 Å². The molecule has 2 aromatic rings. The number of thiazole rings is 1. The predicted molar refractivity (Wildman–Crippen MR) is 143 cm³/mol. The van der Waals surface area contributed by atoms with Gasteiger partial charge in [-0.15, -0.1) is 28.2 Å². The third-order valence-electron chi connectivity index (χ3n) is 5.83. The summed E-state index contributed by atoms with van der Waals surface area (Å²) < 4.78 is 6.26. The zero-order chi connectivity index (χ0) is 28.9. The summed E-state index contributed by atoms with van der Waals surface area (Å²) in [4.78, 5) is 60.5. The van der Waals surface area contributed by atoms with Gasteiger partial charge in [-0.05, 0) is 17.4 Å². The van der Waals surface area contributed by atoms with E-state index >= 15 is 0 Å². The van der Waals surface area contributed by atoms with Gasteiger partial charge in [-0.2, -0.15) is 0 Å². The van der Waals surface area contributed by atoms with Crippen LogP contribution in [0.3, 0.4) is 0 Å². The molecule has 40 heavy (non-hydrogen) atoms. The molecule has 2 aromatic heterocycles. The number of nitrogens with zero attached hydrogens (tertiary/aromatic N) is 7. The van der Waals surface area contributed by atoms with Gasteiger partial charge < -0.3 is 36.4 Å². The predicted octanol–water partition coefficient (Wildman–Crippen LogP) is -1.78. The Morgan fingerprint density at radius 1 is 1.40 bits per heavy atom. The number of tetrazole rings is 1. The van der Waals surface area contributed by atoms with E-state index in [4.69, 9.17) is 21.0 Å². The highest BCUT2D eigenvalue weighted by Crippen LogP contribution is 2.44. The number of rotatable bonds is 13. The van der Waals surface area contributed by atoms with Gasteiger partial charge in [0, 0.05) is 30.0 Å². The summed E-state index contributed by atoms with van der Waals surface area (Å²) in [5.74, 6) is -2.65. The molecule has 216 valence electrons. The third kappa shape index (κ3) is 6.29. The first-order chi connectivity index (χ1) is 19.2. The molecular weight excluding hydrogens is 588 g/mol. The molecule has 17 nitrogen and oxygen atoms in total. The van der Waals surface area contributed by atoms with Crippen LogP contribution >= 0.6 is 34.9 Å². The lowest BCUT2D eigenvalue weighted by Gasteiger charge is -2.53. The number of hydrogen-bond donors (Lipinski definition) is 4. The summed E-state index contributed by atoms with van der Waals surface area (Å²) >= 11 is 3.49. The molecule has 20 heteroatoms. The SMILES string of the molecule is CCOC(=O)CON=C(C(=O)NC1C(=O)N2CC(CSc3nnnn3CCN)(C(=O)O)CS[C@H]12)c1csc(N)n1. The Labute approximate surface area is 239 Å². The number of nitrogens with one attached hydrogen (secondary N) is 1. The molecule has 0 aromatic carbocycles. The molecule has 2 amide bonds. The molecule has 2 unspecified atom stereocenters. The summed E-state index contributed by atoms with van der Waals surface area (Å²) in [6.07, 6.45) is 0. The van der Waals surface area contributed by atoms with Gasteiger partial charge in [0.05, 0.1) is 13.2 Å². The number of ether oxygens (including phenoxy) is 1. The molecule has 2 fully saturated rings. The maximum Gasteiger partial charge on any atom is 0.347 e. The Bertz CT molecular complexity index is 1300. The lowest BCUT2D eigenvalue weighted by molar-refractivity contribution is -0.157. The van der Waals surface area contributed by atoms with E-state index in [-0.39, 0.29) is 41.2 Å². The largest absolute Gasteiger partial charge is 0.481 e. The number of nitrogen functional groups attached to an aromatic ring is 1. The summed E-state index contributed by atoms with van der Waals surface area (Å²) in [6.45, 7) is 1.89. The number of aromatic nitrogens is 5. The number of hydrogen-bond acceptors (Lipinski definition) is 16. The second-order valence-electron chi connectivity index (χ2n) is 8.56. The number of thioether (sulfide) groups is 2. The van der Waals surface area contributed by atoms with Crippen LogP contribution in [0.15, 0.2) is 15.7 Å². The number of β-lactam (4-membered cyclic amide) rings is 1. The monoisotopic (exact) mass is 614 g/mol.